The topological polar surface area (TPSA) is 94.0 Å². The Morgan fingerprint density at radius 3 is 1.49 bits per heavy atom. The molecule has 0 bridgehead atoms. The molecule has 0 aliphatic carbocycles. The maximum atomic E-state index is 12.8. The number of halogens is 7. The summed E-state index contributed by atoms with van der Waals surface area (Å²) in [5, 5.41) is 8.80. The average Bonchev–Trinajstić information content (AvgIpc) is 4.01. The number of alkyl halides is 6. The maximum Gasteiger partial charge on any atom is 0.498 e. The fourth-order valence-electron chi connectivity index (χ4n) is 7.17. The van der Waals surface area contributed by atoms with Crippen molar-refractivity contribution in [3.63, 3.8) is 0 Å². The largest absolute Gasteiger partial charge is 0.498 e. The first-order valence-electron chi connectivity index (χ1n) is 21.4. The molecule has 0 radical (unpaired) electrons. The third-order valence-electron chi connectivity index (χ3n) is 11.8. The van der Waals surface area contributed by atoms with E-state index in [0.29, 0.717) is 35.4 Å². The Morgan fingerprint density at radius 2 is 1.06 bits per heavy atom. The molecule has 1 fully saturated rings. The molecule has 1 aliphatic heterocycles. The summed E-state index contributed by atoms with van der Waals surface area (Å²) in [4.78, 5) is 18.3. The Balaban J connectivity index is 0.000000217. The van der Waals surface area contributed by atoms with Crippen molar-refractivity contribution in [2.75, 3.05) is 23.9 Å². The minimum absolute atomic E-state index is 0. The highest BCUT2D eigenvalue weighted by Crippen LogP contribution is 2.37. The van der Waals surface area contributed by atoms with Gasteiger partial charge in [-0.15, -0.1) is 0 Å². The Kier molecular flexibility index (Phi) is 17.2. The molecule has 8 aromatic rings. The number of aromatic nitrogens is 6. The summed E-state index contributed by atoms with van der Waals surface area (Å²) in [6.45, 7) is 23.7. The van der Waals surface area contributed by atoms with Gasteiger partial charge in [-0.1, -0.05) is 50.7 Å². The SMILES string of the molecule is C.C.FC(F)(F)c1ccc(Cl)nc1.[C-]#[N+]c1ccc(N(C)Cc2ccn3ncc(-c4ccc(C(F)(F)F)cn4)c3c2)cc1.[C-]#[N+]c1ccc(N(C)Cc2ccn3ncc(B4OC(C)(C)C(C)(C)O4)c3c2)cc1. The number of fused-ring (bicyclic) bond motifs is 2. The second kappa shape index (κ2) is 22.3. The van der Waals surface area contributed by atoms with Gasteiger partial charge in [0.25, 0.3) is 0 Å². The normalized spacial score (nSPS) is 13.6. The Labute approximate surface area is 420 Å². The van der Waals surface area contributed by atoms with E-state index in [9.17, 15) is 26.3 Å². The average molecular weight is 1010 g/mol. The molecule has 0 saturated carbocycles. The van der Waals surface area contributed by atoms with Crippen molar-refractivity contribution in [3.05, 3.63) is 184 Å². The third-order valence-corrected chi connectivity index (χ3v) is 12.0. The molecule has 7 heterocycles. The van der Waals surface area contributed by atoms with Crippen molar-refractivity contribution in [1.82, 2.24) is 29.2 Å². The van der Waals surface area contributed by atoms with Gasteiger partial charge in [0.1, 0.15) is 5.15 Å². The molecular weight excluding hydrogens is 957 g/mol. The van der Waals surface area contributed by atoms with E-state index in [4.69, 9.17) is 34.1 Å². The predicted octanol–water partition coefficient (Wildman–Crippen LogP) is 13.4. The van der Waals surface area contributed by atoms with Crippen LogP contribution in [0.15, 0.2) is 134 Å². The monoisotopic (exact) mass is 1010 g/mol. The smallest absolute Gasteiger partial charge is 0.399 e. The van der Waals surface area contributed by atoms with Crippen molar-refractivity contribution in [1.29, 1.82) is 0 Å². The lowest BCUT2D eigenvalue weighted by Crippen LogP contribution is -2.41. The number of pyridine rings is 4. The first-order chi connectivity index (χ1) is 33.0. The van der Waals surface area contributed by atoms with Gasteiger partial charge in [-0.2, -0.15) is 36.5 Å². The van der Waals surface area contributed by atoms with Crippen LogP contribution in [0, 0.1) is 13.1 Å². The van der Waals surface area contributed by atoms with Crippen molar-refractivity contribution in [2.45, 2.75) is 79.2 Å². The molecule has 0 unspecified atom stereocenters. The molecule has 20 heteroatoms. The van der Waals surface area contributed by atoms with E-state index in [1.807, 2.05) is 90.6 Å². The van der Waals surface area contributed by atoms with Crippen molar-refractivity contribution in [2.24, 2.45) is 0 Å². The predicted molar refractivity (Wildman–Crippen MR) is 272 cm³/mol. The van der Waals surface area contributed by atoms with Crippen LogP contribution in [0.3, 0.4) is 0 Å². The van der Waals surface area contributed by atoms with E-state index in [2.05, 4.69) is 74.6 Å². The van der Waals surface area contributed by atoms with Gasteiger partial charge in [-0.05, 0) is 112 Å². The second-order valence-corrected chi connectivity index (χ2v) is 17.6. The molecule has 374 valence electrons. The first-order valence-corrected chi connectivity index (χ1v) is 21.8. The van der Waals surface area contributed by atoms with E-state index in [0.717, 1.165) is 69.9 Å². The second-order valence-electron chi connectivity index (χ2n) is 17.2. The Hall–Kier alpha value is -7.45. The number of anilines is 2. The third kappa shape index (κ3) is 12.9. The summed E-state index contributed by atoms with van der Waals surface area (Å²) in [6, 6.07) is 27.4. The van der Waals surface area contributed by atoms with E-state index in [1.165, 1.54) is 6.07 Å². The Morgan fingerprint density at radius 1 is 0.611 bits per heavy atom. The highest BCUT2D eigenvalue weighted by molar-refractivity contribution is 6.64. The summed E-state index contributed by atoms with van der Waals surface area (Å²) >= 11 is 5.28. The summed E-state index contributed by atoms with van der Waals surface area (Å²) in [7, 11) is 3.56. The van der Waals surface area contributed by atoms with Gasteiger partial charge in [0.2, 0.25) is 0 Å². The lowest BCUT2D eigenvalue weighted by atomic mass is 9.80. The zero-order chi connectivity index (χ0) is 50.6. The number of benzene rings is 2. The van der Waals surface area contributed by atoms with Crippen LogP contribution in [0.25, 0.3) is 32.0 Å². The van der Waals surface area contributed by atoms with Crippen molar-refractivity contribution in [3.8, 4) is 11.3 Å². The number of rotatable bonds is 8. The molecule has 0 amide bonds. The van der Waals surface area contributed by atoms with Crippen LogP contribution in [0.2, 0.25) is 5.15 Å². The van der Waals surface area contributed by atoms with Crippen LogP contribution < -0.4 is 15.3 Å². The van der Waals surface area contributed by atoms with Crippen LogP contribution >= 0.6 is 11.6 Å². The zero-order valence-electron chi connectivity index (χ0n) is 38.6. The number of nitrogens with zero attached hydrogens (tertiary/aromatic N) is 10. The zero-order valence-corrected chi connectivity index (χ0v) is 39.4. The highest BCUT2D eigenvalue weighted by Gasteiger charge is 2.52. The summed E-state index contributed by atoms with van der Waals surface area (Å²) < 4.78 is 89.9. The Bertz CT molecular complexity index is 3150. The lowest BCUT2D eigenvalue weighted by molar-refractivity contribution is -0.138. The molecule has 12 nitrogen and oxygen atoms in total. The van der Waals surface area contributed by atoms with Crippen LogP contribution in [0.5, 0.6) is 0 Å². The minimum Gasteiger partial charge on any atom is -0.399 e. The number of hydrogen-bond donors (Lipinski definition) is 0. The molecule has 0 N–H and O–H groups in total. The summed E-state index contributed by atoms with van der Waals surface area (Å²) in [5.41, 5.74) is 6.87. The number of hydrogen-bond acceptors (Lipinski definition) is 8. The molecule has 1 saturated heterocycles. The van der Waals surface area contributed by atoms with Gasteiger partial charge < -0.3 is 19.1 Å². The standard InChI is InChI=1S/C22H25BN4O2.C22H16F3N5.C6H3ClF3N.2CH4/c1-21(2)22(3,4)29-23(28-21)19-14-25-27-12-11-16(13-20(19)27)15-26(6)18-9-7-17(24-5)8-10-18;1-26-17-4-6-18(7-5-17)29(2)14-15-9-10-30-21(11-15)19(13-28-30)20-8-3-16(12-27-20)22(23,24)25;7-5-2-1-4(3-11-5)6(8,9)10;;/h7-14H,15H2,1-4,6H3;3-13H,14H2,2H3;1-3H;2*1H4. The van der Waals surface area contributed by atoms with Crippen LogP contribution in [0.1, 0.15) is 64.8 Å². The van der Waals surface area contributed by atoms with Gasteiger partial charge >= 0.3 is 19.5 Å². The van der Waals surface area contributed by atoms with Crippen molar-refractivity contribution >= 4 is 58.0 Å². The van der Waals surface area contributed by atoms with Gasteiger partial charge in [0.15, 0.2) is 11.4 Å². The first kappa shape index (κ1) is 55.5. The van der Waals surface area contributed by atoms with E-state index in [1.54, 1.807) is 22.8 Å². The van der Waals surface area contributed by atoms with E-state index >= 15 is 0 Å². The van der Waals surface area contributed by atoms with Crippen LogP contribution in [-0.4, -0.2) is 61.6 Å². The lowest BCUT2D eigenvalue weighted by Gasteiger charge is -2.32. The molecule has 1 aliphatic rings. The maximum absolute atomic E-state index is 12.8. The van der Waals surface area contributed by atoms with Crippen molar-refractivity contribution < 1.29 is 35.7 Å². The van der Waals surface area contributed by atoms with Gasteiger partial charge in [-0.3, -0.25) is 4.98 Å². The minimum atomic E-state index is -4.42. The molecule has 9 rings (SSSR count). The van der Waals surface area contributed by atoms with E-state index < -0.39 is 30.6 Å². The summed E-state index contributed by atoms with van der Waals surface area (Å²) in [6.07, 6.45) is -0.0143. The molecule has 72 heavy (non-hydrogen) atoms. The quantitative estimate of drug-likeness (QED) is 0.0643. The van der Waals surface area contributed by atoms with Gasteiger partial charge in [0.05, 0.1) is 58.4 Å². The molecule has 2 aromatic carbocycles. The molecule has 6 aromatic heterocycles. The summed E-state index contributed by atoms with van der Waals surface area (Å²) in [5.74, 6) is 0. The van der Waals surface area contributed by atoms with Gasteiger partial charge in [0, 0.05) is 80.6 Å². The molecular formula is C52H52BClF6N10O2. The molecule has 0 spiro atoms. The fourth-order valence-corrected chi connectivity index (χ4v) is 7.28. The molecule has 0 atom stereocenters. The van der Waals surface area contributed by atoms with Gasteiger partial charge in [-0.25, -0.2) is 23.7 Å². The van der Waals surface area contributed by atoms with E-state index in [-0.39, 0.29) is 31.2 Å². The van der Waals surface area contributed by atoms with Crippen LogP contribution in [0.4, 0.5) is 49.1 Å². The highest BCUT2D eigenvalue weighted by atomic mass is 35.5. The van der Waals surface area contributed by atoms with Crippen LogP contribution in [-0.2, 0) is 34.8 Å². The fraction of sp³-hybridized carbons (Fsp3) is 0.269.